The standard InChI is InChI=1S/C31H28O6/c1-21(2)30(32)36-18-16-34-28-13-10-25(11-14-28)24-6-8-26(9-7-24)27-12-15-29(23(5)20-27)35-17-19-37-31(33)22(3)4/h6-20H,1,3H2,2,4-5H3/b18-16-,19-17-. The summed E-state index contributed by atoms with van der Waals surface area (Å²) in [4.78, 5) is 22.7. The average molecular weight is 497 g/mol. The van der Waals surface area contributed by atoms with E-state index in [1.807, 2.05) is 49.4 Å². The minimum atomic E-state index is -0.506. The Bertz CT molecular complexity index is 1350. The monoisotopic (exact) mass is 496 g/mol. The van der Waals surface area contributed by atoms with Crippen LogP contribution in [0.2, 0.25) is 0 Å². The van der Waals surface area contributed by atoms with E-state index >= 15 is 0 Å². The lowest BCUT2D eigenvalue weighted by Crippen LogP contribution is -1.99. The van der Waals surface area contributed by atoms with Gasteiger partial charge in [0, 0.05) is 11.1 Å². The fraction of sp³-hybridized carbons (Fsp3) is 0.0968. The maximum absolute atomic E-state index is 11.4. The van der Waals surface area contributed by atoms with Crippen molar-refractivity contribution >= 4 is 11.9 Å². The summed E-state index contributed by atoms with van der Waals surface area (Å²) in [6, 6.07) is 21.7. The molecular formula is C31H28O6. The van der Waals surface area contributed by atoms with Crippen LogP contribution in [0.5, 0.6) is 11.5 Å². The van der Waals surface area contributed by atoms with Gasteiger partial charge in [-0.3, -0.25) is 0 Å². The molecule has 0 spiro atoms. The maximum atomic E-state index is 11.4. The number of rotatable bonds is 10. The number of esters is 2. The zero-order valence-corrected chi connectivity index (χ0v) is 21.0. The third-order valence-electron chi connectivity index (χ3n) is 5.14. The molecular weight excluding hydrogens is 468 g/mol. The van der Waals surface area contributed by atoms with E-state index in [0.29, 0.717) is 22.6 Å². The molecule has 0 heterocycles. The van der Waals surface area contributed by atoms with E-state index in [1.54, 1.807) is 13.8 Å². The first-order valence-corrected chi connectivity index (χ1v) is 11.4. The van der Waals surface area contributed by atoms with Crippen molar-refractivity contribution in [2.24, 2.45) is 0 Å². The van der Waals surface area contributed by atoms with Crippen molar-refractivity contribution in [1.82, 2.24) is 0 Å². The second-order valence-corrected chi connectivity index (χ2v) is 8.23. The number of carbonyl (C=O) groups excluding carboxylic acids is 2. The number of carbonyl (C=O) groups is 2. The van der Waals surface area contributed by atoms with Crippen LogP contribution >= 0.6 is 0 Å². The van der Waals surface area contributed by atoms with Gasteiger partial charge in [0.15, 0.2) is 0 Å². The predicted molar refractivity (Wildman–Crippen MR) is 143 cm³/mol. The number of aryl methyl sites for hydroxylation is 1. The Morgan fingerprint density at radius 3 is 1.54 bits per heavy atom. The molecule has 0 saturated heterocycles. The molecule has 3 aromatic carbocycles. The minimum absolute atomic E-state index is 0.314. The van der Waals surface area contributed by atoms with Crippen LogP contribution in [-0.2, 0) is 19.1 Å². The molecule has 37 heavy (non-hydrogen) atoms. The minimum Gasteiger partial charge on any atom is -0.462 e. The van der Waals surface area contributed by atoms with Crippen molar-refractivity contribution in [3.8, 4) is 33.8 Å². The molecule has 0 aliphatic heterocycles. The van der Waals surface area contributed by atoms with Gasteiger partial charge in [-0.2, -0.15) is 0 Å². The van der Waals surface area contributed by atoms with Crippen molar-refractivity contribution in [2.45, 2.75) is 20.8 Å². The van der Waals surface area contributed by atoms with E-state index in [4.69, 9.17) is 18.9 Å². The molecule has 0 radical (unpaired) electrons. The van der Waals surface area contributed by atoms with Gasteiger partial charge < -0.3 is 18.9 Å². The normalized spacial score (nSPS) is 10.8. The average Bonchev–Trinajstić information content (AvgIpc) is 2.89. The Morgan fingerprint density at radius 1 is 0.622 bits per heavy atom. The molecule has 0 aliphatic carbocycles. The van der Waals surface area contributed by atoms with Crippen LogP contribution in [0.3, 0.4) is 0 Å². The lowest BCUT2D eigenvalue weighted by atomic mass is 9.99. The van der Waals surface area contributed by atoms with Crippen LogP contribution in [-0.4, -0.2) is 11.9 Å². The van der Waals surface area contributed by atoms with Gasteiger partial charge in [0.25, 0.3) is 0 Å². The molecule has 3 aromatic rings. The third-order valence-corrected chi connectivity index (χ3v) is 5.14. The molecule has 6 heteroatoms. The van der Waals surface area contributed by atoms with Crippen LogP contribution in [0, 0.1) is 6.92 Å². The predicted octanol–water partition coefficient (Wildman–Crippen LogP) is 7.27. The van der Waals surface area contributed by atoms with E-state index in [-0.39, 0.29) is 0 Å². The zero-order chi connectivity index (χ0) is 26.8. The molecule has 0 bridgehead atoms. The smallest absolute Gasteiger partial charge is 0.338 e. The summed E-state index contributed by atoms with van der Waals surface area (Å²) in [5, 5.41) is 0. The summed E-state index contributed by atoms with van der Waals surface area (Å²) in [6.45, 7) is 12.1. The Kier molecular flexibility index (Phi) is 9.22. The summed E-state index contributed by atoms with van der Waals surface area (Å²) in [7, 11) is 0. The summed E-state index contributed by atoms with van der Waals surface area (Å²) >= 11 is 0. The van der Waals surface area contributed by atoms with E-state index < -0.39 is 11.9 Å². The van der Waals surface area contributed by atoms with E-state index in [2.05, 4.69) is 37.4 Å². The molecule has 188 valence electrons. The van der Waals surface area contributed by atoms with Crippen molar-refractivity contribution in [2.75, 3.05) is 0 Å². The highest BCUT2D eigenvalue weighted by molar-refractivity contribution is 5.87. The fourth-order valence-corrected chi connectivity index (χ4v) is 3.13. The van der Waals surface area contributed by atoms with Gasteiger partial charge in [-0.15, -0.1) is 0 Å². The first-order chi connectivity index (χ1) is 17.7. The molecule has 0 atom stereocenters. The highest BCUT2D eigenvalue weighted by Crippen LogP contribution is 2.29. The molecule has 0 amide bonds. The van der Waals surface area contributed by atoms with Crippen LogP contribution in [0.1, 0.15) is 19.4 Å². The van der Waals surface area contributed by atoms with E-state index in [0.717, 1.165) is 27.8 Å². The lowest BCUT2D eigenvalue weighted by Gasteiger charge is -2.09. The topological polar surface area (TPSA) is 71.1 Å². The summed E-state index contributed by atoms with van der Waals surface area (Å²) < 4.78 is 20.7. The number of hydrogen-bond donors (Lipinski definition) is 0. The second-order valence-electron chi connectivity index (χ2n) is 8.23. The number of benzene rings is 3. The van der Waals surface area contributed by atoms with Gasteiger partial charge in [0.05, 0.1) is 0 Å². The zero-order valence-electron chi connectivity index (χ0n) is 21.0. The first kappa shape index (κ1) is 26.8. The summed E-state index contributed by atoms with van der Waals surface area (Å²) in [6.07, 6.45) is 5.00. The highest BCUT2D eigenvalue weighted by atomic mass is 16.5. The molecule has 0 N–H and O–H groups in total. The Balaban J connectivity index is 1.59. The quantitative estimate of drug-likeness (QED) is 0.167. The van der Waals surface area contributed by atoms with Crippen molar-refractivity contribution < 1.29 is 28.5 Å². The molecule has 6 nitrogen and oxygen atoms in total. The van der Waals surface area contributed by atoms with Gasteiger partial charge >= 0.3 is 11.9 Å². The van der Waals surface area contributed by atoms with Crippen LogP contribution in [0.15, 0.2) is 116 Å². The summed E-state index contributed by atoms with van der Waals surface area (Å²) in [5.41, 5.74) is 5.79. The van der Waals surface area contributed by atoms with Gasteiger partial charge in [-0.25, -0.2) is 9.59 Å². The Labute approximate surface area is 216 Å². The Morgan fingerprint density at radius 2 is 1.05 bits per heavy atom. The lowest BCUT2D eigenvalue weighted by molar-refractivity contribution is -0.134. The maximum Gasteiger partial charge on any atom is 0.338 e. The van der Waals surface area contributed by atoms with Crippen LogP contribution in [0.4, 0.5) is 0 Å². The van der Waals surface area contributed by atoms with Crippen LogP contribution < -0.4 is 9.47 Å². The van der Waals surface area contributed by atoms with Crippen molar-refractivity contribution in [1.29, 1.82) is 0 Å². The third kappa shape index (κ3) is 7.83. The van der Waals surface area contributed by atoms with Crippen molar-refractivity contribution in [3.63, 3.8) is 0 Å². The molecule has 0 saturated carbocycles. The highest BCUT2D eigenvalue weighted by Gasteiger charge is 2.05. The number of hydrogen-bond acceptors (Lipinski definition) is 6. The Hall–Kier alpha value is -4.84. The molecule has 0 unspecified atom stereocenters. The van der Waals surface area contributed by atoms with E-state index in [9.17, 15) is 9.59 Å². The molecule has 3 rings (SSSR count). The van der Waals surface area contributed by atoms with E-state index in [1.165, 1.54) is 25.0 Å². The van der Waals surface area contributed by atoms with Gasteiger partial charge in [0.2, 0.25) is 0 Å². The number of ether oxygens (including phenoxy) is 4. The van der Waals surface area contributed by atoms with Crippen molar-refractivity contribution in [3.05, 3.63) is 122 Å². The SMILES string of the molecule is C=C(C)C(=O)O/C=C\Oc1ccc(-c2ccc(-c3ccc(O/C=C\OC(=O)C(=C)C)c(C)c3)cc2)cc1. The van der Waals surface area contributed by atoms with Gasteiger partial charge in [-0.1, -0.05) is 55.6 Å². The summed E-state index contributed by atoms with van der Waals surface area (Å²) in [5.74, 6) is 0.267. The molecule has 0 aliphatic rings. The van der Waals surface area contributed by atoms with Gasteiger partial charge in [-0.05, 0) is 72.9 Å². The van der Waals surface area contributed by atoms with Crippen LogP contribution in [0.25, 0.3) is 22.3 Å². The molecule has 0 fully saturated rings. The first-order valence-electron chi connectivity index (χ1n) is 11.4. The largest absolute Gasteiger partial charge is 0.462 e. The molecule has 0 aromatic heterocycles. The second kappa shape index (κ2) is 12.7. The van der Waals surface area contributed by atoms with Gasteiger partial charge in [0.1, 0.15) is 36.5 Å². The fourth-order valence-electron chi connectivity index (χ4n) is 3.13.